The van der Waals surface area contributed by atoms with E-state index in [1.807, 2.05) is 0 Å². The van der Waals surface area contributed by atoms with E-state index >= 15 is 0 Å². The second-order valence-electron chi connectivity index (χ2n) is 8.49. The van der Waals surface area contributed by atoms with Gasteiger partial charge in [-0.3, -0.25) is 0 Å². The van der Waals surface area contributed by atoms with E-state index in [9.17, 15) is 21.6 Å². The number of halogens is 3. The molecule has 2 unspecified atom stereocenters. The number of hydrogen-bond donors (Lipinski definition) is 0. The standard InChI is InChI=1S/C20H27F3N2O3S/c1-28-18-10-6-15(7-11-18)12-25-19(16-4-2-3-5-17(19)9-8-16)13-24(29(25,26)27)14-20(21,22)23/h6-7,10-11,16-17H,2-5,8-9,12-14H2,1H3/t16-,17?,19?/m0/s1. The Morgan fingerprint density at radius 2 is 1.66 bits per heavy atom. The molecule has 9 heteroatoms. The zero-order valence-corrected chi connectivity index (χ0v) is 17.3. The monoisotopic (exact) mass is 432 g/mol. The Bertz CT molecular complexity index is 828. The van der Waals surface area contributed by atoms with Crippen molar-refractivity contribution in [1.29, 1.82) is 0 Å². The van der Waals surface area contributed by atoms with Crippen molar-refractivity contribution >= 4 is 10.2 Å². The van der Waals surface area contributed by atoms with E-state index in [4.69, 9.17) is 4.74 Å². The smallest absolute Gasteiger partial charge is 0.402 e. The molecule has 1 aromatic rings. The van der Waals surface area contributed by atoms with Crippen LogP contribution in [0.1, 0.15) is 44.1 Å². The molecular weight excluding hydrogens is 405 g/mol. The Hall–Kier alpha value is -1.32. The molecule has 1 spiro atoms. The molecule has 3 aliphatic rings. The predicted molar refractivity (Wildman–Crippen MR) is 102 cm³/mol. The van der Waals surface area contributed by atoms with Gasteiger partial charge in [-0.05, 0) is 55.2 Å². The molecule has 1 heterocycles. The summed E-state index contributed by atoms with van der Waals surface area (Å²) in [7, 11) is -2.66. The van der Waals surface area contributed by atoms with E-state index in [0.29, 0.717) is 10.1 Å². The molecule has 1 saturated heterocycles. The Kier molecular flexibility index (Phi) is 5.36. The molecule has 5 nitrogen and oxygen atoms in total. The van der Waals surface area contributed by atoms with Crippen LogP contribution in [0.3, 0.4) is 0 Å². The van der Waals surface area contributed by atoms with Gasteiger partial charge in [-0.25, -0.2) is 0 Å². The predicted octanol–water partition coefficient (Wildman–Crippen LogP) is 3.96. The van der Waals surface area contributed by atoms with E-state index in [2.05, 4.69) is 0 Å². The van der Waals surface area contributed by atoms with E-state index in [-0.39, 0.29) is 24.9 Å². The number of rotatable bonds is 4. The highest BCUT2D eigenvalue weighted by atomic mass is 32.2. The molecular formula is C20H27F3N2O3S. The lowest BCUT2D eigenvalue weighted by Gasteiger charge is -2.41. The summed E-state index contributed by atoms with van der Waals surface area (Å²) in [5.41, 5.74) is 0.0202. The third-order valence-electron chi connectivity index (χ3n) is 6.97. The van der Waals surface area contributed by atoms with Gasteiger partial charge in [-0.1, -0.05) is 25.0 Å². The summed E-state index contributed by atoms with van der Waals surface area (Å²) >= 11 is 0. The maximum absolute atomic E-state index is 13.3. The molecule has 3 atom stereocenters. The molecule has 2 saturated carbocycles. The van der Waals surface area contributed by atoms with Gasteiger partial charge < -0.3 is 4.74 Å². The Morgan fingerprint density at radius 1 is 1.07 bits per heavy atom. The number of nitrogens with zero attached hydrogens (tertiary/aromatic N) is 2. The first kappa shape index (κ1) is 20.9. The molecule has 3 fully saturated rings. The number of hydrogen-bond acceptors (Lipinski definition) is 3. The van der Waals surface area contributed by atoms with Gasteiger partial charge in [0.15, 0.2) is 0 Å². The normalized spacial score (nSPS) is 32.6. The van der Waals surface area contributed by atoms with Crippen molar-refractivity contribution in [3.05, 3.63) is 29.8 Å². The highest BCUT2D eigenvalue weighted by Crippen LogP contribution is 2.56. The van der Waals surface area contributed by atoms with Crippen LogP contribution in [0.25, 0.3) is 0 Å². The van der Waals surface area contributed by atoms with Crippen molar-refractivity contribution in [2.45, 2.75) is 56.8 Å². The second kappa shape index (κ2) is 7.42. The average molecular weight is 433 g/mol. The fourth-order valence-corrected chi connectivity index (χ4v) is 7.79. The van der Waals surface area contributed by atoms with Gasteiger partial charge in [0.1, 0.15) is 12.3 Å². The van der Waals surface area contributed by atoms with Crippen molar-refractivity contribution < 1.29 is 26.3 Å². The van der Waals surface area contributed by atoms with Crippen LogP contribution in [0.4, 0.5) is 13.2 Å². The third kappa shape index (κ3) is 3.65. The van der Waals surface area contributed by atoms with Crippen LogP contribution in [-0.2, 0) is 16.8 Å². The molecule has 4 rings (SSSR count). The minimum Gasteiger partial charge on any atom is -0.497 e. The first-order valence-electron chi connectivity index (χ1n) is 10.1. The van der Waals surface area contributed by atoms with Gasteiger partial charge in [-0.2, -0.15) is 30.2 Å². The molecule has 0 radical (unpaired) electrons. The summed E-state index contributed by atoms with van der Waals surface area (Å²) in [6, 6.07) is 7.07. The van der Waals surface area contributed by atoms with Crippen LogP contribution < -0.4 is 4.74 Å². The largest absolute Gasteiger partial charge is 0.497 e. The lowest BCUT2D eigenvalue weighted by atomic mass is 9.79. The summed E-state index contributed by atoms with van der Waals surface area (Å²) in [5.74, 6) is 0.878. The SMILES string of the molecule is COc1ccc(CN2C3(CN(CC(F)(F)F)S2(=O)=O)C2CCCC[C@H]3CC2)cc1. The van der Waals surface area contributed by atoms with Crippen LogP contribution in [0.15, 0.2) is 24.3 Å². The lowest BCUT2D eigenvalue weighted by molar-refractivity contribution is -0.136. The molecule has 0 aromatic heterocycles. The molecule has 162 valence electrons. The van der Waals surface area contributed by atoms with E-state index in [0.717, 1.165) is 44.1 Å². The molecule has 2 aliphatic carbocycles. The molecule has 1 aromatic carbocycles. The van der Waals surface area contributed by atoms with E-state index in [1.54, 1.807) is 31.4 Å². The van der Waals surface area contributed by atoms with Crippen LogP contribution in [0.2, 0.25) is 0 Å². The summed E-state index contributed by atoms with van der Waals surface area (Å²) in [6.45, 7) is -1.39. The topological polar surface area (TPSA) is 49.9 Å². The molecule has 0 amide bonds. The van der Waals surface area contributed by atoms with Crippen LogP contribution in [0, 0.1) is 11.8 Å². The van der Waals surface area contributed by atoms with Crippen molar-refractivity contribution in [3.63, 3.8) is 0 Å². The minimum atomic E-state index is -4.56. The fraction of sp³-hybridized carbons (Fsp3) is 0.700. The maximum atomic E-state index is 13.3. The van der Waals surface area contributed by atoms with Crippen LogP contribution >= 0.6 is 0 Å². The summed E-state index contributed by atoms with van der Waals surface area (Å²) in [6.07, 6.45) is 1.000. The number of alkyl halides is 3. The van der Waals surface area contributed by atoms with Gasteiger partial charge in [0.2, 0.25) is 0 Å². The molecule has 0 N–H and O–H groups in total. The van der Waals surface area contributed by atoms with Crippen molar-refractivity contribution in [1.82, 2.24) is 8.61 Å². The molecule has 1 aliphatic heterocycles. The van der Waals surface area contributed by atoms with E-state index < -0.39 is 28.5 Å². The number of ether oxygens (including phenoxy) is 1. The van der Waals surface area contributed by atoms with Crippen molar-refractivity contribution in [2.75, 3.05) is 20.2 Å². The Morgan fingerprint density at radius 3 is 2.17 bits per heavy atom. The highest BCUT2D eigenvalue weighted by molar-refractivity contribution is 7.87. The third-order valence-corrected chi connectivity index (χ3v) is 8.91. The van der Waals surface area contributed by atoms with E-state index in [1.165, 1.54) is 4.31 Å². The van der Waals surface area contributed by atoms with Gasteiger partial charge in [0, 0.05) is 13.1 Å². The first-order valence-corrected chi connectivity index (χ1v) is 11.5. The molecule has 29 heavy (non-hydrogen) atoms. The summed E-state index contributed by atoms with van der Waals surface area (Å²) in [5, 5.41) is 0. The zero-order chi connectivity index (χ0) is 20.9. The van der Waals surface area contributed by atoms with Gasteiger partial charge >= 0.3 is 6.18 Å². The lowest BCUT2D eigenvalue weighted by Crippen LogP contribution is -2.53. The first-order chi connectivity index (χ1) is 13.7. The van der Waals surface area contributed by atoms with Gasteiger partial charge in [-0.15, -0.1) is 0 Å². The average Bonchev–Trinajstić information content (AvgIpc) is 2.98. The van der Waals surface area contributed by atoms with Crippen LogP contribution in [0.5, 0.6) is 5.75 Å². The summed E-state index contributed by atoms with van der Waals surface area (Å²) in [4.78, 5) is 0. The molecule has 2 bridgehead atoms. The highest BCUT2D eigenvalue weighted by Gasteiger charge is 2.64. The Labute approximate surface area is 170 Å². The fourth-order valence-electron chi connectivity index (χ4n) is 5.73. The quantitative estimate of drug-likeness (QED) is 0.724. The second-order valence-corrected chi connectivity index (χ2v) is 10.3. The summed E-state index contributed by atoms with van der Waals surface area (Å²) < 4.78 is 73.5. The van der Waals surface area contributed by atoms with Crippen molar-refractivity contribution in [3.8, 4) is 5.75 Å². The number of methoxy groups -OCH3 is 1. The van der Waals surface area contributed by atoms with Crippen LogP contribution in [-0.4, -0.2) is 48.9 Å². The van der Waals surface area contributed by atoms with Gasteiger partial charge in [0.05, 0.1) is 12.6 Å². The minimum absolute atomic E-state index is 0.0552. The zero-order valence-electron chi connectivity index (χ0n) is 16.5. The maximum Gasteiger partial charge on any atom is 0.402 e. The number of benzene rings is 1. The van der Waals surface area contributed by atoms with Gasteiger partial charge in [0.25, 0.3) is 10.2 Å². The van der Waals surface area contributed by atoms with Crippen molar-refractivity contribution in [2.24, 2.45) is 11.8 Å². The Balaban J connectivity index is 1.74.